The number of nitrogens with zero attached hydrogens (tertiary/aromatic N) is 2. The molecule has 0 saturated heterocycles. The van der Waals surface area contributed by atoms with Crippen LogP contribution in [0, 0.1) is 0 Å². The molecule has 0 aliphatic heterocycles. The molecule has 5 nitrogen and oxygen atoms in total. The van der Waals surface area contributed by atoms with E-state index >= 15 is 0 Å². The lowest BCUT2D eigenvalue weighted by Crippen LogP contribution is -2.39. The van der Waals surface area contributed by atoms with Gasteiger partial charge in [0.15, 0.2) is 5.82 Å². The van der Waals surface area contributed by atoms with Crippen molar-refractivity contribution >= 4 is 5.91 Å². The molecule has 1 fully saturated rings. The van der Waals surface area contributed by atoms with E-state index in [2.05, 4.69) is 10.3 Å². The Morgan fingerprint density at radius 2 is 2.18 bits per heavy atom. The Kier molecular flexibility index (Phi) is 3.78. The number of imidazole rings is 1. The molecule has 1 aliphatic carbocycles. The lowest BCUT2D eigenvalue weighted by molar-refractivity contribution is 0.0597. The van der Waals surface area contributed by atoms with Gasteiger partial charge in [-0.05, 0) is 25.7 Å². The molecule has 94 valence electrons. The van der Waals surface area contributed by atoms with Crippen LogP contribution in [0.2, 0.25) is 0 Å². The van der Waals surface area contributed by atoms with E-state index in [9.17, 15) is 4.79 Å². The molecule has 0 unspecified atom stereocenters. The lowest BCUT2D eigenvalue weighted by Gasteiger charge is -2.28. The van der Waals surface area contributed by atoms with Crippen LogP contribution in [0.25, 0.3) is 0 Å². The standard InChI is InChI=1S/C12H19N3O2/c1-15-8-7-13-11(15)12(16)14-9-3-5-10(17-2)6-4-9/h7-10H,3-6H2,1-2H3,(H,14,16). The van der Waals surface area contributed by atoms with Crippen molar-refractivity contribution in [1.29, 1.82) is 0 Å². The second-order valence-electron chi connectivity index (χ2n) is 4.54. The summed E-state index contributed by atoms with van der Waals surface area (Å²) < 4.78 is 7.04. The minimum atomic E-state index is -0.0848. The maximum Gasteiger partial charge on any atom is 0.287 e. The fourth-order valence-electron chi connectivity index (χ4n) is 2.28. The SMILES string of the molecule is COC1CCC(NC(=O)c2nccn2C)CC1. The number of aryl methyl sites for hydroxylation is 1. The van der Waals surface area contributed by atoms with Crippen molar-refractivity contribution in [2.45, 2.75) is 37.8 Å². The van der Waals surface area contributed by atoms with Crippen LogP contribution in [0.15, 0.2) is 12.4 Å². The number of carbonyl (C=O) groups excluding carboxylic acids is 1. The van der Waals surface area contributed by atoms with Gasteiger partial charge in [-0.2, -0.15) is 0 Å². The quantitative estimate of drug-likeness (QED) is 0.856. The summed E-state index contributed by atoms with van der Waals surface area (Å²) in [4.78, 5) is 16.0. The summed E-state index contributed by atoms with van der Waals surface area (Å²) in [5.74, 6) is 0.386. The van der Waals surface area contributed by atoms with Gasteiger partial charge < -0.3 is 14.6 Å². The van der Waals surface area contributed by atoms with Crippen molar-refractivity contribution < 1.29 is 9.53 Å². The Morgan fingerprint density at radius 1 is 1.47 bits per heavy atom. The van der Waals surface area contributed by atoms with E-state index in [0.29, 0.717) is 11.9 Å². The first kappa shape index (κ1) is 12.1. The summed E-state index contributed by atoms with van der Waals surface area (Å²) in [5.41, 5.74) is 0. The van der Waals surface area contributed by atoms with Crippen LogP contribution in [0.3, 0.4) is 0 Å². The van der Waals surface area contributed by atoms with Gasteiger partial charge in [0, 0.05) is 32.6 Å². The van der Waals surface area contributed by atoms with E-state index in [-0.39, 0.29) is 11.9 Å². The largest absolute Gasteiger partial charge is 0.381 e. The third-order valence-corrected chi connectivity index (χ3v) is 3.37. The molecule has 17 heavy (non-hydrogen) atoms. The number of methoxy groups -OCH3 is 1. The highest BCUT2D eigenvalue weighted by molar-refractivity contribution is 5.90. The minimum absolute atomic E-state index is 0.0848. The number of nitrogens with one attached hydrogen (secondary N) is 1. The monoisotopic (exact) mass is 237 g/mol. The highest BCUT2D eigenvalue weighted by Gasteiger charge is 2.23. The molecule has 1 N–H and O–H groups in total. The second-order valence-corrected chi connectivity index (χ2v) is 4.54. The first-order chi connectivity index (χ1) is 8.20. The Bertz CT molecular complexity index is 381. The molecule has 1 aliphatic rings. The third-order valence-electron chi connectivity index (χ3n) is 3.37. The average molecular weight is 237 g/mol. The predicted molar refractivity (Wildman–Crippen MR) is 63.7 cm³/mol. The van der Waals surface area contributed by atoms with Crippen LogP contribution < -0.4 is 5.32 Å². The summed E-state index contributed by atoms with van der Waals surface area (Å²) >= 11 is 0. The molecule has 0 bridgehead atoms. The first-order valence-corrected chi connectivity index (χ1v) is 6.01. The van der Waals surface area contributed by atoms with Crippen LogP contribution in [-0.4, -0.2) is 34.7 Å². The van der Waals surface area contributed by atoms with E-state index in [4.69, 9.17) is 4.74 Å². The van der Waals surface area contributed by atoms with Crippen molar-refractivity contribution in [1.82, 2.24) is 14.9 Å². The normalized spacial score (nSPS) is 24.6. The highest BCUT2D eigenvalue weighted by Crippen LogP contribution is 2.20. The van der Waals surface area contributed by atoms with Gasteiger partial charge in [0.2, 0.25) is 0 Å². The van der Waals surface area contributed by atoms with E-state index in [1.54, 1.807) is 24.1 Å². The van der Waals surface area contributed by atoms with E-state index in [1.807, 2.05) is 7.05 Å². The molecule has 1 amide bonds. The zero-order valence-electron chi connectivity index (χ0n) is 10.3. The van der Waals surface area contributed by atoms with Gasteiger partial charge in [0.05, 0.1) is 6.10 Å². The Balaban J connectivity index is 1.86. The lowest BCUT2D eigenvalue weighted by atomic mass is 9.93. The maximum atomic E-state index is 11.9. The predicted octanol–water partition coefficient (Wildman–Crippen LogP) is 1.11. The number of hydrogen-bond donors (Lipinski definition) is 1. The van der Waals surface area contributed by atoms with Gasteiger partial charge >= 0.3 is 0 Å². The second kappa shape index (κ2) is 5.31. The topological polar surface area (TPSA) is 56.1 Å². The van der Waals surface area contributed by atoms with Crippen molar-refractivity contribution in [2.24, 2.45) is 7.05 Å². The summed E-state index contributed by atoms with van der Waals surface area (Å²) in [6.07, 6.45) is 7.76. The zero-order valence-corrected chi connectivity index (χ0v) is 10.3. The van der Waals surface area contributed by atoms with Crippen molar-refractivity contribution in [3.05, 3.63) is 18.2 Å². The van der Waals surface area contributed by atoms with Gasteiger partial charge in [-0.1, -0.05) is 0 Å². The molecule has 0 aromatic carbocycles. The summed E-state index contributed by atoms with van der Waals surface area (Å²) in [6, 6.07) is 0.255. The maximum absolute atomic E-state index is 11.9. The number of carbonyl (C=O) groups is 1. The number of ether oxygens (including phenoxy) is 1. The first-order valence-electron chi connectivity index (χ1n) is 6.01. The van der Waals surface area contributed by atoms with Gasteiger partial charge in [0.1, 0.15) is 0 Å². The number of hydrogen-bond acceptors (Lipinski definition) is 3. The van der Waals surface area contributed by atoms with Gasteiger partial charge in [-0.15, -0.1) is 0 Å². The molecule has 5 heteroatoms. The van der Waals surface area contributed by atoms with Crippen LogP contribution in [0.5, 0.6) is 0 Å². The van der Waals surface area contributed by atoms with Crippen LogP contribution in [0.1, 0.15) is 36.3 Å². The summed E-state index contributed by atoms with van der Waals surface area (Å²) in [6.45, 7) is 0. The summed E-state index contributed by atoms with van der Waals surface area (Å²) in [7, 11) is 3.57. The van der Waals surface area contributed by atoms with Crippen molar-refractivity contribution in [3.8, 4) is 0 Å². The molecule has 0 atom stereocenters. The average Bonchev–Trinajstić information content (AvgIpc) is 2.76. The fourth-order valence-corrected chi connectivity index (χ4v) is 2.28. The number of aromatic nitrogens is 2. The molecular formula is C12H19N3O2. The van der Waals surface area contributed by atoms with Crippen LogP contribution in [-0.2, 0) is 11.8 Å². The Labute approximate surface area is 101 Å². The van der Waals surface area contributed by atoms with Gasteiger partial charge in [-0.25, -0.2) is 4.98 Å². The van der Waals surface area contributed by atoms with E-state index in [1.165, 1.54) is 0 Å². The Morgan fingerprint density at radius 3 is 2.71 bits per heavy atom. The van der Waals surface area contributed by atoms with Crippen molar-refractivity contribution in [2.75, 3.05) is 7.11 Å². The number of amides is 1. The van der Waals surface area contributed by atoms with Gasteiger partial charge in [-0.3, -0.25) is 4.79 Å². The third kappa shape index (κ3) is 2.85. The smallest absolute Gasteiger partial charge is 0.287 e. The molecule has 0 spiro atoms. The summed E-state index contributed by atoms with van der Waals surface area (Å²) in [5, 5.41) is 3.03. The molecule has 1 aromatic heterocycles. The molecular weight excluding hydrogens is 218 g/mol. The fraction of sp³-hybridized carbons (Fsp3) is 0.667. The highest BCUT2D eigenvalue weighted by atomic mass is 16.5. The van der Waals surface area contributed by atoms with Crippen molar-refractivity contribution in [3.63, 3.8) is 0 Å². The van der Waals surface area contributed by atoms with Crippen LogP contribution >= 0.6 is 0 Å². The van der Waals surface area contributed by atoms with Crippen LogP contribution in [0.4, 0.5) is 0 Å². The van der Waals surface area contributed by atoms with Gasteiger partial charge in [0.25, 0.3) is 5.91 Å². The molecule has 0 radical (unpaired) electrons. The Hall–Kier alpha value is -1.36. The molecule has 2 rings (SSSR count). The number of rotatable bonds is 3. The molecule has 1 heterocycles. The zero-order chi connectivity index (χ0) is 12.3. The molecule has 1 aromatic rings. The van der Waals surface area contributed by atoms with E-state index < -0.39 is 0 Å². The van der Waals surface area contributed by atoms with E-state index in [0.717, 1.165) is 25.7 Å². The molecule has 1 saturated carbocycles. The minimum Gasteiger partial charge on any atom is -0.381 e.